The molecule has 23 heavy (non-hydrogen) atoms. The Kier molecular flexibility index (Phi) is 4.68. The smallest absolute Gasteiger partial charge is 0.197 e. The number of hydrogen-bond donors (Lipinski definition) is 1. The number of carbonyl (C=O) groups is 1. The molecule has 1 N–H and O–H groups in total. The number of benzene rings is 2. The number of carbonyl (C=O) groups excluding carboxylic acids is 1. The van der Waals surface area contributed by atoms with Gasteiger partial charge in [0, 0.05) is 17.4 Å². The van der Waals surface area contributed by atoms with E-state index in [-0.39, 0.29) is 11.5 Å². The number of halogens is 2. The minimum absolute atomic E-state index is 0.0676. The second kappa shape index (κ2) is 6.43. The van der Waals surface area contributed by atoms with Crippen LogP contribution in [-0.2, 0) is 6.42 Å². The van der Waals surface area contributed by atoms with Gasteiger partial charge in [0.2, 0.25) is 0 Å². The highest BCUT2D eigenvalue weighted by Gasteiger charge is 2.23. The highest BCUT2D eigenvalue weighted by atomic mass is 127. The number of aromatic hydroxyl groups is 1. The molecule has 3 nitrogen and oxygen atoms in total. The standard InChI is InChI=1S/C18H14I2O3/c1-3-14-15(11-6-4-5-9(2)18(11)23-14)16(21)10-7-12(19)17(22)13(20)8-10/h4-8,22H,3H2,1-2H3. The average molecular weight is 532 g/mol. The Labute approximate surface area is 161 Å². The van der Waals surface area contributed by atoms with Gasteiger partial charge >= 0.3 is 0 Å². The zero-order valence-corrected chi connectivity index (χ0v) is 16.9. The summed E-state index contributed by atoms with van der Waals surface area (Å²) in [7, 11) is 0. The molecule has 0 atom stereocenters. The average Bonchev–Trinajstić information content (AvgIpc) is 2.91. The van der Waals surface area contributed by atoms with Gasteiger partial charge in [-0.05, 0) is 69.8 Å². The largest absolute Gasteiger partial charge is 0.506 e. The molecule has 3 aromatic rings. The van der Waals surface area contributed by atoms with E-state index >= 15 is 0 Å². The van der Waals surface area contributed by atoms with E-state index in [9.17, 15) is 9.90 Å². The highest BCUT2D eigenvalue weighted by Crippen LogP contribution is 2.33. The van der Waals surface area contributed by atoms with Crippen LogP contribution in [0.3, 0.4) is 0 Å². The lowest BCUT2D eigenvalue weighted by Crippen LogP contribution is -2.04. The number of hydrogen-bond acceptors (Lipinski definition) is 3. The Bertz CT molecular complexity index is 902. The fourth-order valence-electron chi connectivity index (χ4n) is 2.65. The summed E-state index contributed by atoms with van der Waals surface area (Å²) in [5.74, 6) is 0.853. The van der Waals surface area contributed by atoms with Gasteiger partial charge in [-0.15, -0.1) is 0 Å². The van der Waals surface area contributed by atoms with E-state index < -0.39 is 0 Å². The summed E-state index contributed by atoms with van der Waals surface area (Å²) in [5, 5.41) is 10.8. The van der Waals surface area contributed by atoms with E-state index in [0.717, 1.165) is 16.5 Å². The lowest BCUT2D eigenvalue weighted by Gasteiger charge is -2.06. The van der Waals surface area contributed by atoms with Crippen LogP contribution in [0.25, 0.3) is 11.0 Å². The highest BCUT2D eigenvalue weighted by molar-refractivity contribution is 14.1. The van der Waals surface area contributed by atoms with Crippen molar-refractivity contribution in [2.75, 3.05) is 0 Å². The number of fused-ring (bicyclic) bond motifs is 1. The molecule has 0 radical (unpaired) electrons. The molecule has 118 valence electrons. The summed E-state index contributed by atoms with van der Waals surface area (Å²) in [6, 6.07) is 9.27. The van der Waals surface area contributed by atoms with E-state index in [1.54, 1.807) is 12.1 Å². The summed E-state index contributed by atoms with van der Waals surface area (Å²) >= 11 is 4.08. The molecule has 1 aromatic heterocycles. The predicted octanol–water partition coefficient (Wildman–Crippen LogP) is 5.45. The molecule has 0 amide bonds. The SMILES string of the molecule is CCc1oc2c(C)cccc2c1C(=O)c1cc(I)c(O)c(I)c1. The molecule has 0 aliphatic rings. The van der Waals surface area contributed by atoms with Gasteiger partial charge in [0.1, 0.15) is 17.1 Å². The minimum atomic E-state index is -0.0676. The Morgan fingerprint density at radius 2 is 1.87 bits per heavy atom. The van der Waals surface area contributed by atoms with Crippen LogP contribution in [0, 0.1) is 14.1 Å². The van der Waals surface area contributed by atoms with Crippen LogP contribution in [0.2, 0.25) is 0 Å². The van der Waals surface area contributed by atoms with Crippen molar-refractivity contribution in [2.45, 2.75) is 20.3 Å². The van der Waals surface area contributed by atoms with Crippen molar-refractivity contribution >= 4 is 61.9 Å². The summed E-state index contributed by atoms with van der Waals surface area (Å²) in [4.78, 5) is 13.1. The van der Waals surface area contributed by atoms with Crippen LogP contribution in [-0.4, -0.2) is 10.9 Å². The number of phenolic OH excluding ortho intramolecular Hbond substituents is 1. The van der Waals surface area contributed by atoms with E-state index in [4.69, 9.17) is 4.42 Å². The third-order valence-corrected chi connectivity index (χ3v) is 5.46. The molecule has 0 aliphatic heterocycles. The first-order valence-electron chi connectivity index (χ1n) is 7.17. The van der Waals surface area contributed by atoms with E-state index in [1.807, 2.05) is 77.2 Å². The van der Waals surface area contributed by atoms with Crippen LogP contribution in [0.1, 0.15) is 34.2 Å². The van der Waals surface area contributed by atoms with Gasteiger partial charge in [-0.3, -0.25) is 4.79 Å². The number of furan rings is 1. The zero-order valence-electron chi connectivity index (χ0n) is 12.6. The van der Waals surface area contributed by atoms with Gasteiger partial charge in [0.15, 0.2) is 5.78 Å². The fraction of sp³-hybridized carbons (Fsp3) is 0.167. The monoisotopic (exact) mass is 532 g/mol. The summed E-state index contributed by atoms with van der Waals surface area (Å²) < 4.78 is 7.27. The second-order valence-electron chi connectivity index (χ2n) is 5.32. The predicted molar refractivity (Wildman–Crippen MR) is 107 cm³/mol. The number of rotatable bonds is 3. The van der Waals surface area contributed by atoms with Gasteiger partial charge in [-0.25, -0.2) is 0 Å². The normalized spacial score (nSPS) is 11.1. The third-order valence-electron chi connectivity index (χ3n) is 3.81. The maximum atomic E-state index is 13.1. The maximum absolute atomic E-state index is 13.1. The molecule has 1 heterocycles. The van der Waals surface area contributed by atoms with Crippen LogP contribution < -0.4 is 0 Å². The van der Waals surface area contributed by atoms with Gasteiger partial charge in [0.05, 0.1) is 12.7 Å². The van der Waals surface area contributed by atoms with Gasteiger partial charge in [-0.2, -0.15) is 0 Å². The van der Waals surface area contributed by atoms with Gasteiger partial charge < -0.3 is 9.52 Å². The number of ketones is 1. The van der Waals surface area contributed by atoms with Crippen LogP contribution in [0.5, 0.6) is 5.75 Å². The molecule has 0 spiro atoms. The molecule has 0 bridgehead atoms. The lowest BCUT2D eigenvalue weighted by molar-refractivity contribution is 0.103. The van der Waals surface area contributed by atoms with Crippen molar-refractivity contribution in [3.8, 4) is 5.75 Å². The van der Waals surface area contributed by atoms with Crippen LogP contribution in [0.15, 0.2) is 34.7 Å². The van der Waals surface area contributed by atoms with Crippen molar-refractivity contribution in [3.63, 3.8) is 0 Å². The number of phenols is 1. The second-order valence-corrected chi connectivity index (χ2v) is 7.65. The summed E-state index contributed by atoms with van der Waals surface area (Å²) in [6.45, 7) is 3.96. The summed E-state index contributed by atoms with van der Waals surface area (Å²) in [5.41, 5.74) is 2.99. The summed E-state index contributed by atoms with van der Waals surface area (Å²) in [6.07, 6.45) is 0.654. The molecule has 0 saturated heterocycles. The first-order valence-corrected chi connectivity index (χ1v) is 9.33. The van der Waals surface area contributed by atoms with Crippen molar-refractivity contribution in [3.05, 3.63) is 59.9 Å². The van der Waals surface area contributed by atoms with Crippen molar-refractivity contribution in [1.82, 2.24) is 0 Å². The molecule has 0 saturated carbocycles. The molecular weight excluding hydrogens is 518 g/mol. The van der Waals surface area contributed by atoms with Crippen LogP contribution >= 0.6 is 45.2 Å². The molecule has 2 aromatic carbocycles. The van der Waals surface area contributed by atoms with E-state index in [2.05, 4.69) is 0 Å². The first kappa shape index (κ1) is 16.8. The maximum Gasteiger partial charge on any atom is 0.197 e. The minimum Gasteiger partial charge on any atom is -0.506 e. The Morgan fingerprint density at radius 3 is 2.48 bits per heavy atom. The van der Waals surface area contributed by atoms with E-state index in [0.29, 0.717) is 30.4 Å². The molecule has 0 unspecified atom stereocenters. The zero-order chi connectivity index (χ0) is 16.7. The molecule has 3 rings (SSSR count). The number of para-hydroxylation sites is 1. The van der Waals surface area contributed by atoms with Crippen molar-refractivity contribution < 1.29 is 14.3 Å². The quantitative estimate of drug-likeness (QED) is 0.361. The Morgan fingerprint density at radius 1 is 1.22 bits per heavy atom. The first-order chi connectivity index (χ1) is 10.9. The number of aryl methyl sites for hydroxylation is 2. The van der Waals surface area contributed by atoms with Gasteiger partial charge in [-0.1, -0.05) is 25.1 Å². The fourth-order valence-corrected chi connectivity index (χ4v) is 4.42. The topological polar surface area (TPSA) is 50.4 Å². The Balaban J connectivity index is 2.24. The molecule has 5 heteroatoms. The van der Waals surface area contributed by atoms with Crippen LogP contribution in [0.4, 0.5) is 0 Å². The molecule has 0 aliphatic carbocycles. The Hall–Kier alpha value is -1.09. The molecular formula is C18H14I2O3. The van der Waals surface area contributed by atoms with E-state index in [1.165, 1.54) is 0 Å². The third kappa shape index (κ3) is 2.88. The molecule has 0 fully saturated rings. The van der Waals surface area contributed by atoms with Crippen molar-refractivity contribution in [2.24, 2.45) is 0 Å². The van der Waals surface area contributed by atoms with Crippen molar-refractivity contribution in [1.29, 1.82) is 0 Å². The van der Waals surface area contributed by atoms with Gasteiger partial charge in [0.25, 0.3) is 0 Å². The lowest BCUT2D eigenvalue weighted by atomic mass is 9.98.